The molecule has 0 aliphatic heterocycles. The smallest absolute Gasteiger partial charge is 0.226 e. The topological polar surface area (TPSA) is 75.6 Å². The predicted molar refractivity (Wildman–Crippen MR) is 118 cm³/mol. The summed E-state index contributed by atoms with van der Waals surface area (Å²) in [5.74, 6) is 1.14. The highest BCUT2D eigenvalue weighted by atomic mass is 35.5. The van der Waals surface area contributed by atoms with Crippen molar-refractivity contribution >= 4 is 40.2 Å². The number of hydrogen-bond acceptors (Lipinski definition) is 6. The van der Waals surface area contributed by atoms with Crippen molar-refractivity contribution in [3.8, 4) is 0 Å². The van der Waals surface area contributed by atoms with Crippen LogP contribution in [0.15, 0.2) is 60.9 Å². The zero-order valence-electron chi connectivity index (χ0n) is 16.1. The Bertz CT molecular complexity index is 1120. The number of aromatic nitrogens is 4. The van der Waals surface area contributed by atoms with Crippen molar-refractivity contribution in [2.45, 2.75) is 19.8 Å². The molecular formula is C22H21ClN6. The summed E-state index contributed by atoms with van der Waals surface area (Å²) in [6.45, 7) is 2.76. The first-order chi connectivity index (χ1) is 14.2. The third-order valence-electron chi connectivity index (χ3n) is 4.54. The molecule has 4 aromatic rings. The van der Waals surface area contributed by atoms with E-state index in [1.165, 1.54) is 5.56 Å². The van der Waals surface area contributed by atoms with Crippen LogP contribution < -0.4 is 10.6 Å². The van der Waals surface area contributed by atoms with Crippen LogP contribution in [0.3, 0.4) is 0 Å². The van der Waals surface area contributed by atoms with E-state index in [1.807, 2.05) is 31.2 Å². The fourth-order valence-corrected chi connectivity index (χ4v) is 3.29. The Hall–Kier alpha value is -3.25. The molecule has 2 N–H and O–H groups in total. The first kappa shape index (κ1) is 19.1. The zero-order chi connectivity index (χ0) is 20.1. The van der Waals surface area contributed by atoms with Crippen LogP contribution in [0.1, 0.15) is 17.5 Å². The van der Waals surface area contributed by atoms with Gasteiger partial charge in [-0.25, -0.2) is 9.97 Å². The number of fused-ring (bicyclic) bond motifs is 1. The summed E-state index contributed by atoms with van der Waals surface area (Å²) in [6, 6.07) is 16.1. The number of nitrogens with one attached hydrogen (secondary N) is 2. The molecule has 0 saturated carbocycles. The molecule has 7 heteroatoms. The predicted octanol–water partition coefficient (Wildman–Crippen LogP) is 5.17. The molecule has 146 valence electrons. The van der Waals surface area contributed by atoms with Gasteiger partial charge in [-0.1, -0.05) is 41.9 Å². The molecule has 0 unspecified atom stereocenters. The summed E-state index contributed by atoms with van der Waals surface area (Å²) >= 11 is 6.07. The minimum Gasteiger partial charge on any atom is -0.354 e. The number of benzene rings is 2. The average Bonchev–Trinajstić information content (AvgIpc) is 2.74. The summed E-state index contributed by atoms with van der Waals surface area (Å²) in [5.41, 5.74) is 4.42. The molecule has 0 amide bonds. The number of hydrogen-bond donors (Lipinski definition) is 2. The van der Waals surface area contributed by atoms with Crippen molar-refractivity contribution in [1.29, 1.82) is 0 Å². The second kappa shape index (κ2) is 8.84. The molecule has 0 spiro atoms. The van der Waals surface area contributed by atoms with Gasteiger partial charge in [0.2, 0.25) is 5.95 Å². The lowest BCUT2D eigenvalue weighted by molar-refractivity contribution is 0.854. The molecule has 0 atom stereocenters. The van der Waals surface area contributed by atoms with E-state index in [2.05, 4.69) is 54.8 Å². The summed E-state index contributed by atoms with van der Waals surface area (Å²) in [4.78, 5) is 17.9. The quantitative estimate of drug-likeness (QED) is 0.414. The van der Waals surface area contributed by atoms with Gasteiger partial charge in [-0.3, -0.25) is 0 Å². The number of nitrogens with zero attached hydrogens (tertiary/aromatic N) is 4. The lowest BCUT2D eigenvalue weighted by atomic mass is 10.1. The molecule has 0 bridgehead atoms. The van der Waals surface area contributed by atoms with Crippen molar-refractivity contribution in [2.24, 2.45) is 0 Å². The van der Waals surface area contributed by atoms with Gasteiger partial charge in [0.1, 0.15) is 0 Å². The van der Waals surface area contributed by atoms with Crippen molar-refractivity contribution in [2.75, 3.05) is 17.2 Å². The van der Waals surface area contributed by atoms with Gasteiger partial charge in [-0.2, -0.15) is 9.97 Å². The monoisotopic (exact) mass is 404 g/mol. The molecule has 29 heavy (non-hydrogen) atoms. The molecule has 2 heterocycles. The average molecular weight is 405 g/mol. The lowest BCUT2D eigenvalue weighted by Crippen LogP contribution is -2.09. The standard InChI is InChI=1S/C22H21ClN6/c1-15-14-17(23)9-10-18(15)27-21-19-20(25-13-12-24-19)28-22(29-21)26-11-5-8-16-6-3-2-4-7-16/h2-4,6-7,9-10,12-14H,5,8,11H2,1H3,(H2,25,26,27,28,29). The largest absolute Gasteiger partial charge is 0.354 e. The Morgan fingerprint density at radius 2 is 1.79 bits per heavy atom. The van der Waals surface area contributed by atoms with Crippen LogP contribution in [0.4, 0.5) is 17.5 Å². The fraction of sp³-hybridized carbons (Fsp3) is 0.182. The molecule has 2 aromatic carbocycles. The number of halogens is 1. The molecule has 0 radical (unpaired) electrons. The molecule has 0 aliphatic carbocycles. The highest BCUT2D eigenvalue weighted by Crippen LogP contribution is 2.26. The third kappa shape index (κ3) is 4.78. The Kier molecular flexibility index (Phi) is 5.81. The van der Waals surface area contributed by atoms with Crippen molar-refractivity contribution in [3.05, 3.63) is 77.1 Å². The minimum atomic E-state index is 0.528. The maximum absolute atomic E-state index is 6.07. The summed E-state index contributed by atoms with van der Waals surface area (Å²) in [6.07, 6.45) is 5.24. The van der Waals surface area contributed by atoms with Gasteiger partial charge in [-0.05, 0) is 49.1 Å². The normalized spacial score (nSPS) is 10.8. The zero-order valence-corrected chi connectivity index (χ0v) is 16.8. The SMILES string of the molecule is Cc1cc(Cl)ccc1Nc1nc(NCCCc2ccccc2)nc2nccnc12. The summed E-state index contributed by atoms with van der Waals surface area (Å²) in [5, 5.41) is 7.35. The van der Waals surface area contributed by atoms with Gasteiger partial charge in [0, 0.05) is 29.6 Å². The summed E-state index contributed by atoms with van der Waals surface area (Å²) < 4.78 is 0. The van der Waals surface area contributed by atoms with Crippen LogP contribution in [-0.2, 0) is 6.42 Å². The summed E-state index contributed by atoms with van der Waals surface area (Å²) in [7, 11) is 0. The van der Waals surface area contributed by atoms with Crippen molar-refractivity contribution < 1.29 is 0 Å². The Balaban J connectivity index is 1.52. The Morgan fingerprint density at radius 1 is 0.966 bits per heavy atom. The number of aryl methyl sites for hydroxylation is 2. The van der Waals surface area contributed by atoms with Crippen LogP contribution in [0.5, 0.6) is 0 Å². The van der Waals surface area contributed by atoms with E-state index in [0.29, 0.717) is 28.0 Å². The first-order valence-electron chi connectivity index (χ1n) is 9.49. The van der Waals surface area contributed by atoms with Gasteiger partial charge < -0.3 is 10.6 Å². The highest BCUT2D eigenvalue weighted by Gasteiger charge is 2.11. The fourth-order valence-electron chi connectivity index (χ4n) is 3.06. The van der Waals surface area contributed by atoms with E-state index in [9.17, 15) is 0 Å². The van der Waals surface area contributed by atoms with Gasteiger partial charge in [-0.15, -0.1) is 0 Å². The van der Waals surface area contributed by atoms with Crippen LogP contribution >= 0.6 is 11.6 Å². The third-order valence-corrected chi connectivity index (χ3v) is 4.78. The van der Waals surface area contributed by atoms with Crippen LogP contribution in [0.2, 0.25) is 5.02 Å². The van der Waals surface area contributed by atoms with Crippen LogP contribution in [-0.4, -0.2) is 26.5 Å². The maximum Gasteiger partial charge on any atom is 0.226 e. The molecule has 0 fully saturated rings. The number of rotatable bonds is 7. The Morgan fingerprint density at radius 3 is 2.62 bits per heavy atom. The van der Waals surface area contributed by atoms with Crippen molar-refractivity contribution in [3.63, 3.8) is 0 Å². The molecule has 6 nitrogen and oxygen atoms in total. The first-order valence-corrected chi connectivity index (χ1v) is 9.86. The molecule has 2 aromatic heterocycles. The van der Waals surface area contributed by atoms with Gasteiger partial charge in [0.25, 0.3) is 0 Å². The van der Waals surface area contributed by atoms with E-state index in [4.69, 9.17) is 11.6 Å². The van der Waals surface area contributed by atoms with E-state index in [-0.39, 0.29) is 0 Å². The Labute approximate surface area is 174 Å². The van der Waals surface area contributed by atoms with E-state index < -0.39 is 0 Å². The number of anilines is 3. The van der Waals surface area contributed by atoms with Gasteiger partial charge in [0.05, 0.1) is 0 Å². The van der Waals surface area contributed by atoms with Crippen LogP contribution in [0.25, 0.3) is 11.2 Å². The van der Waals surface area contributed by atoms with Gasteiger partial charge >= 0.3 is 0 Å². The van der Waals surface area contributed by atoms with E-state index >= 15 is 0 Å². The molecule has 0 saturated heterocycles. The molecule has 0 aliphatic rings. The minimum absolute atomic E-state index is 0.528. The van der Waals surface area contributed by atoms with E-state index in [1.54, 1.807) is 12.4 Å². The van der Waals surface area contributed by atoms with Crippen molar-refractivity contribution in [1.82, 2.24) is 19.9 Å². The lowest BCUT2D eigenvalue weighted by Gasteiger charge is -2.12. The van der Waals surface area contributed by atoms with E-state index in [0.717, 1.165) is 30.6 Å². The second-order valence-corrected chi connectivity index (χ2v) is 7.16. The maximum atomic E-state index is 6.07. The molecular weight excluding hydrogens is 384 g/mol. The second-order valence-electron chi connectivity index (χ2n) is 6.72. The van der Waals surface area contributed by atoms with Gasteiger partial charge in [0.15, 0.2) is 17.0 Å². The molecule has 4 rings (SSSR count). The highest BCUT2D eigenvalue weighted by molar-refractivity contribution is 6.30. The van der Waals surface area contributed by atoms with Crippen LogP contribution in [0, 0.1) is 6.92 Å².